The van der Waals surface area contributed by atoms with Crippen LogP contribution in [0.3, 0.4) is 0 Å². The lowest BCUT2D eigenvalue weighted by Crippen LogP contribution is -2.18. The Labute approximate surface area is 142 Å². The summed E-state index contributed by atoms with van der Waals surface area (Å²) in [7, 11) is 1.53. The van der Waals surface area contributed by atoms with Gasteiger partial charge >= 0.3 is 12.3 Å². The van der Waals surface area contributed by atoms with Crippen LogP contribution in [0.2, 0.25) is 0 Å². The third-order valence-electron chi connectivity index (χ3n) is 3.21. The molecule has 0 aromatic heterocycles. The van der Waals surface area contributed by atoms with Gasteiger partial charge in [0.15, 0.2) is 0 Å². The molecule has 0 heterocycles. The van der Waals surface area contributed by atoms with Crippen LogP contribution in [0.5, 0.6) is 11.5 Å². The molecule has 0 saturated carbocycles. The van der Waals surface area contributed by atoms with Crippen molar-refractivity contribution in [3.05, 3.63) is 66.2 Å². The second-order valence-electron chi connectivity index (χ2n) is 4.95. The van der Waals surface area contributed by atoms with Gasteiger partial charge < -0.3 is 14.2 Å². The lowest BCUT2D eigenvalue weighted by molar-refractivity contribution is -0.274. The van der Waals surface area contributed by atoms with Crippen molar-refractivity contribution in [2.75, 3.05) is 7.11 Å². The molecule has 4 nitrogen and oxygen atoms in total. The molecule has 0 aliphatic carbocycles. The van der Waals surface area contributed by atoms with Crippen molar-refractivity contribution in [2.45, 2.75) is 13.0 Å². The van der Waals surface area contributed by atoms with Crippen molar-refractivity contribution in [3.63, 3.8) is 0 Å². The molecule has 7 heteroatoms. The Morgan fingerprint density at radius 1 is 1.08 bits per heavy atom. The number of ether oxygens (including phenoxy) is 3. The van der Waals surface area contributed by atoms with Crippen molar-refractivity contribution in [1.82, 2.24) is 0 Å². The Morgan fingerprint density at radius 2 is 1.72 bits per heavy atom. The van der Waals surface area contributed by atoms with Crippen LogP contribution in [-0.2, 0) is 16.1 Å². The SMILES string of the molecule is C=C(C(=O)OCc1ccc(OC)cc1)c1ccccc1OC(F)(F)F. The highest BCUT2D eigenvalue weighted by Crippen LogP contribution is 2.30. The summed E-state index contributed by atoms with van der Waals surface area (Å²) in [5, 5.41) is 0. The van der Waals surface area contributed by atoms with E-state index in [4.69, 9.17) is 9.47 Å². The lowest BCUT2D eigenvalue weighted by Gasteiger charge is -2.14. The summed E-state index contributed by atoms with van der Waals surface area (Å²) in [4.78, 5) is 12.1. The highest BCUT2D eigenvalue weighted by atomic mass is 19.4. The summed E-state index contributed by atoms with van der Waals surface area (Å²) in [6.45, 7) is 3.46. The molecule has 2 aromatic carbocycles. The van der Waals surface area contributed by atoms with Crippen LogP contribution in [0.25, 0.3) is 5.57 Å². The first kappa shape index (κ1) is 18.4. The van der Waals surface area contributed by atoms with Gasteiger partial charge in [-0.1, -0.05) is 36.9 Å². The minimum atomic E-state index is -4.87. The predicted molar refractivity (Wildman–Crippen MR) is 84.9 cm³/mol. The molecular weight excluding hydrogens is 337 g/mol. The Bertz CT molecular complexity index is 752. The summed E-state index contributed by atoms with van der Waals surface area (Å²) in [6.07, 6.45) is -4.87. The molecule has 0 bridgehead atoms. The van der Waals surface area contributed by atoms with Gasteiger partial charge in [-0.2, -0.15) is 0 Å². The summed E-state index contributed by atoms with van der Waals surface area (Å²) >= 11 is 0. The molecule has 0 fully saturated rings. The number of hydrogen-bond donors (Lipinski definition) is 0. The molecule has 0 saturated heterocycles. The fourth-order valence-electron chi connectivity index (χ4n) is 2.00. The maximum atomic E-state index is 12.4. The number of carbonyl (C=O) groups excluding carboxylic acids is 1. The quantitative estimate of drug-likeness (QED) is 0.573. The molecule has 0 atom stereocenters. The van der Waals surface area contributed by atoms with Crippen molar-refractivity contribution in [1.29, 1.82) is 0 Å². The largest absolute Gasteiger partial charge is 0.573 e. The van der Waals surface area contributed by atoms with Crippen LogP contribution < -0.4 is 9.47 Å². The molecule has 0 unspecified atom stereocenters. The van der Waals surface area contributed by atoms with Gasteiger partial charge in [0.1, 0.15) is 18.1 Å². The van der Waals surface area contributed by atoms with E-state index < -0.39 is 18.1 Å². The average molecular weight is 352 g/mol. The molecule has 0 amide bonds. The molecular formula is C18H15F3O4. The fourth-order valence-corrected chi connectivity index (χ4v) is 2.00. The topological polar surface area (TPSA) is 44.8 Å². The first-order chi connectivity index (χ1) is 11.8. The highest BCUT2D eigenvalue weighted by molar-refractivity contribution is 6.16. The zero-order valence-electron chi connectivity index (χ0n) is 13.3. The van der Waals surface area contributed by atoms with Crippen LogP contribution >= 0.6 is 0 Å². The summed E-state index contributed by atoms with van der Waals surface area (Å²) in [6, 6.07) is 12.0. The number of carbonyl (C=O) groups is 1. The standard InChI is InChI=1S/C18H15F3O4/c1-12(15-5-3-4-6-16(15)25-18(19,20)21)17(22)24-11-13-7-9-14(23-2)10-8-13/h3-10H,1,11H2,2H3. The maximum absolute atomic E-state index is 12.4. The van der Waals surface area contributed by atoms with E-state index in [9.17, 15) is 18.0 Å². The summed E-state index contributed by atoms with van der Waals surface area (Å²) < 4.78 is 51.3. The van der Waals surface area contributed by atoms with E-state index in [1.807, 2.05) is 0 Å². The molecule has 0 aliphatic heterocycles. The number of methoxy groups -OCH3 is 1. The van der Waals surface area contributed by atoms with Crippen molar-refractivity contribution >= 4 is 11.5 Å². The lowest BCUT2D eigenvalue weighted by atomic mass is 10.1. The second-order valence-corrected chi connectivity index (χ2v) is 4.95. The van der Waals surface area contributed by atoms with E-state index in [-0.39, 0.29) is 17.7 Å². The van der Waals surface area contributed by atoms with Crippen molar-refractivity contribution in [3.8, 4) is 11.5 Å². The number of esters is 1. The Morgan fingerprint density at radius 3 is 2.32 bits per heavy atom. The van der Waals surface area contributed by atoms with Gasteiger partial charge in [0.2, 0.25) is 0 Å². The van der Waals surface area contributed by atoms with E-state index in [1.165, 1.54) is 25.3 Å². The minimum Gasteiger partial charge on any atom is -0.497 e. The van der Waals surface area contributed by atoms with Crippen molar-refractivity contribution < 1.29 is 32.2 Å². The predicted octanol–water partition coefficient (Wildman–Crippen LogP) is 4.35. The van der Waals surface area contributed by atoms with Gasteiger partial charge in [0, 0.05) is 5.56 Å². The maximum Gasteiger partial charge on any atom is 0.573 e. The number of alkyl halides is 3. The van der Waals surface area contributed by atoms with Crippen LogP contribution in [0.4, 0.5) is 13.2 Å². The van der Waals surface area contributed by atoms with E-state index in [0.717, 1.165) is 6.07 Å². The van der Waals surface area contributed by atoms with Crippen LogP contribution in [0, 0.1) is 0 Å². The van der Waals surface area contributed by atoms with Gasteiger partial charge in [-0.25, -0.2) is 4.79 Å². The number of para-hydroxylation sites is 1. The summed E-state index contributed by atoms with van der Waals surface area (Å²) in [5.74, 6) is -0.701. The van der Waals surface area contributed by atoms with Crippen LogP contribution in [0.15, 0.2) is 55.1 Å². The van der Waals surface area contributed by atoms with E-state index >= 15 is 0 Å². The van der Waals surface area contributed by atoms with Crippen LogP contribution in [0.1, 0.15) is 11.1 Å². The monoisotopic (exact) mass is 352 g/mol. The molecule has 25 heavy (non-hydrogen) atoms. The van der Waals surface area contributed by atoms with Gasteiger partial charge in [-0.3, -0.25) is 0 Å². The molecule has 0 N–H and O–H groups in total. The smallest absolute Gasteiger partial charge is 0.497 e. The van der Waals surface area contributed by atoms with Gasteiger partial charge in [-0.05, 0) is 23.8 Å². The normalized spacial score (nSPS) is 10.9. The Balaban J connectivity index is 2.05. The number of halogens is 3. The first-order valence-electron chi connectivity index (χ1n) is 7.14. The third kappa shape index (κ3) is 5.27. The third-order valence-corrected chi connectivity index (χ3v) is 3.21. The first-order valence-corrected chi connectivity index (χ1v) is 7.14. The fraction of sp³-hybridized carbons (Fsp3) is 0.167. The number of benzene rings is 2. The molecule has 0 aliphatic rings. The number of rotatable bonds is 6. The van der Waals surface area contributed by atoms with E-state index in [2.05, 4.69) is 11.3 Å². The van der Waals surface area contributed by atoms with Gasteiger partial charge in [0.05, 0.1) is 12.7 Å². The van der Waals surface area contributed by atoms with E-state index in [1.54, 1.807) is 24.3 Å². The van der Waals surface area contributed by atoms with Gasteiger partial charge in [-0.15, -0.1) is 13.2 Å². The zero-order valence-corrected chi connectivity index (χ0v) is 13.3. The minimum absolute atomic E-state index is 0.0514. The van der Waals surface area contributed by atoms with Crippen molar-refractivity contribution in [2.24, 2.45) is 0 Å². The summed E-state index contributed by atoms with van der Waals surface area (Å²) in [5.41, 5.74) is 0.384. The second kappa shape index (κ2) is 7.74. The van der Waals surface area contributed by atoms with Crippen LogP contribution in [-0.4, -0.2) is 19.4 Å². The molecule has 0 spiro atoms. The van der Waals surface area contributed by atoms with E-state index in [0.29, 0.717) is 11.3 Å². The molecule has 132 valence electrons. The Hall–Kier alpha value is -2.96. The van der Waals surface area contributed by atoms with Gasteiger partial charge in [0.25, 0.3) is 0 Å². The number of hydrogen-bond acceptors (Lipinski definition) is 4. The molecule has 0 radical (unpaired) electrons. The highest BCUT2D eigenvalue weighted by Gasteiger charge is 2.32. The Kier molecular flexibility index (Phi) is 5.69. The zero-order chi connectivity index (χ0) is 18.4. The molecule has 2 rings (SSSR count). The molecule has 2 aromatic rings. The average Bonchev–Trinajstić information content (AvgIpc) is 2.58.